The van der Waals surface area contributed by atoms with Gasteiger partial charge in [-0.3, -0.25) is 4.79 Å². The number of benzene rings is 2. The number of thiophene rings is 1. The number of anilines is 1. The van der Waals surface area contributed by atoms with Crippen LogP contribution in [0.4, 0.5) is 5.13 Å². The van der Waals surface area contributed by atoms with Crippen molar-refractivity contribution < 1.29 is 4.79 Å². The molecule has 2 heterocycles. The fourth-order valence-corrected chi connectivity index (χ4v) is 5.86. The molecule has 0 spiro atoms. The number of carbonyl (C=O) groups excluding carboxylic acids is 1. The number of hydrogen-bond acceptors (Lipinski definition) is 4. The highest BCUT2D eigenvalue weighted by Gasteiger charge is 2.39. The summed E-state index contributed by atoms with van der Waals surface area (Å²) in [7, 11) is 0. The average molecular weight is 487 g/mol. The van der Waals surface area contributed by atoms with E-state index in [2.05, 4.69) is 34.6 Å². The second-order valence-corrected chi connectivity index (χ2v) is 10.8. The Morgan fingerprint density at radius 2 is 1.58 bits per heavy atom. The van der Waals surface area contributed by atoms with Gasteiger partial charge in [0.15, 0.2) is 5.13 Å². The van der Waals surface area contributed by atoms with Crippen molar-refractivity contribution in [1.29, 1.82) is 0 Å². The lowest BCUT2D eigenvalue weighted by molar-refractivity contribution is -0.124. The second kappa shape index (κ2) is 9.13. The summed E-state index contributed by atoms with van der Waals surface area (Å²) in [6.07, 6.45) is 0. The molecule has 2 aromatic heterocycles. The standard InChI is InChI=1S/C24H20Cl2N2OS2/c1-24(2,20(15-9-5-3-6-10-15)16-11-7-4-8-12-16)22(29)28-23-27-18(14-30-23)17-13-19(25)31-21(17)26/h3-14,20H,1-2H3,(H,27,28,29). The second-order valence-electron chi connectivity index (χ2n) is 7.71. The molecule has 1 amide bonds. The molecule has 0 atom stereocenters. The lowest BCUT2D eigenvalue weighted by Crippen LogP contribution is -2.37. The third-order valence-corrected chi connectivity index (χ3v) is 7.48. The van der Waals surface area contributed by atoms with Crippen LogP contribution >= 0.6 is 45.9 Å². The molecule has 4 rings (SSSR count). The van der Waals surface area contributed by atoms with Crippen LogP contribution in [0.5, 0.6) is 0 Å². The zero-order chi connectivity index (χ0) is 22.0. The summed E-state index contributed by atoms with van der Waals surface area (Å²) in [4.78, 5) is 18.0. The van der Waals surface area contributed by atoms with Crippen LogP contribution in [0.25, 0.3) is 11.3 Å². The zero-order valence-electron chi connectivity index (χ0n) is 16.9. The largest absolute Gasteiger partial charge is 0.301 e. The maximum absolute atomic E-state index is 13.4. The average Bonchev–Trinajstić information content (AvgIpc) is 3.35. The molecule has 0 saturated carbocycles. The Labute approximate surface area is 199 Å². The van der Waals surface area contributed by atoms with Crippen LogP contribution in [0.1, 0.15) is 30.9 Å². The summed E-state index contributed by atoms with van der Waals surface area (Å²) in [5, 5.41) is 5.42. The SMILES string of the molecule is CC(C)(C(=O)Nc1nc(-c2cc(Cl)sc2Cl)cs1)C(c1ccccc1)c1ccccc1. The minimum Gasteiger partial charge on any atom is -0.301 e. The molecule has 31 heavy (non-hydrogen) atoms. The minimum absolute atomic E-state index is 0.0967. The van der Waals surface area contributed by atoms with E-state index in [1.54, 1.807) is 6.07 Å². The normalized spacial score (nSPS) is 11.6. The van der Waals surface area contributed by atoms with Crippen LogP contribution in [0.15, 0.2) is 72.1 Å². The van der Waals surface area contributed by atoms with E-state index < -0.39 is 5.41 Å². The molecule has 2 aromatic carbocycles. The van der Waals surface area contributed by atoms with E-state index in [-0.39, 0.29) is 11.8 Å². The predicted molar refractivity (Wildman–Crippen MR) is 133 cm³/mol. The van der Waals surface area contributed by atoms with Gasteiger partial charge in [0.25, 0.3) is 0 Å². The van der Waals surface area contributed by atoms with Gasteiger partial charge in [-0.2, -0.15) is 0 Å². The summed E-state index contributed by atoms with van der Waals surface area (Å²) in [6.45, 7) is 3.94. The van der Waals surface area contributed by atoms with E-state index in [1.165, 1.54) is 22.7 Å². The number of aromatic nitrogens is 1. The topological polar surface area (TPSA) is 42.0 Å². The lowest BCUT2D eigenvalue weighted by Gasteiger charge is -2.33. The monoisotopic (exact) mass is 486 g/mol. The number of nitrogens with one attached hydrogen (secondary N) is 1. The maximum Gasteiger partial charge on any atom is 0.232 e. The van der Waals surface area contributed by atoms with Gasteiger partial charge in [0.2, 0.25) is 5.91 Å². The van der Waals surface area contributed by atoms with Crippen molar-refractivity contribution in [3.63, 3.8) is 0 Å². The highest BCUT2D eigenvalue weighted by molar-refractivity contribution is 7.20. The minimum atomic E-state index is -0.724. The molecule has 4 aromatic rings. The highest BCUT2D eigenvalue weighted by Crippen LogP contribution is 2.43. The van der Waals surface area contributed by atoms with Crippen LogP contribution in [0.2, 0.25) is 8.67 Å². The number of rotatable bonds is 6. The first kappa shape index (κ1) is 22.0. The van der Waals surface area contributed by atoms with Gasteiger partial charge in [0, 0.05) is 16.9 Å². The third kappa shape index (κ3) is 4.70. The van der Waals surface area contributed by atoms with Gasteiger partial charge in [-0.15, -0.1) is 22.7 Å². The smallest absolute Gasteiger partial charge is 0.232 e. The van der Waals surface area contributed by atoms with E-state index in [0.29, 0.717) is 19.5 Å². The van der Waals surface area contributed by atoms with E-state index in [4.69, 9.17) is 23.2 Å². The van der Waals surface area contributed by atoms with Gasteiger partial charge in [0.1, 0.15) is 4.34 Å². The Morgan fingerprint density at radius 1 is 1.00 bits per heavy atom. The van der Waals surface area contributed by atoms with Gasteiger partial charge in [0.05, 0.1) is 15.4 Å². The number of halogens is 2. The first-order chi connectivity index (χ1) is 14.9. The molecule has 0 aliphatic heterocycles. The van der Waals surface area contributed by atoms with E-state index in [9.17, 15) is 4.79 Å². The molecule has 0 bridgehead atoms. The molecule has 0 fully saturated rings. The number of amides is 1. The van der Waals surface area contributed by atoms with Crippen molar-refractivity contribution in [2.45, 2.75) is 19.8 Å². The van der Waals surface area contributed by atoms with Gasteiger partial charge < -0.3 is 5.32 Å². The van der Waals surface area contributed by atoms with E-state index >= 15 is 0 Å². The van der Waals surface area contributed by atoms with Crippen LogP contribution in [0, 0.1) is 5.41 Å². The van der Waals surface area contributed by atoms with Gasteiger partial charge in [-0.1, -0.05) is 97.7 Å². The molecule has 158 valence electrons. The third-order valence-electron chi connectivity index (χ3n) is 5.23. The van der Waals surface area contributed by atoms with Crippen LogP contribution in [-0.4, -0.2) is 10.9 Å². The summed E-state index contributed by atoms with van der Waals surface area (Å²) in [5.41, 5.74) is 2.94. The maximum atomic E-state index is 13.4. The Bertz CT molecular complexity index is 1150. The quantitative estimate of drug-likeness (QED) is 0.300. The summed E-state index contributed by atoms with van der Waals surface area (Å²) in [6, 6.07) is 22.0. The van der Waals surface area contributed by atoms with Crippen LogP contribution in [-0.2, 0) is 4.79 Å². The molecule has 0 aliphatic rings. The fourth-order valence-electron chi connectivity index (χ4n) is 3.68. The fraction of sp³-hybridized carbons (Fsp3) is 0.167. The number of thiazole rings is 1. The Balaban J connectivity index is 1.62. The van der Waals surface area contributed by atoms with Gasteiger partial charge in [-0.25, -0.2) is 4.98 Å². The molecular formula is C24H20Cl2N2OS2. The molecule has 1 N–H and O–H groups in total. The molecule has 7 heteroatoms. The predicted octanol–water partition coefficient (Wildman–Crippen LogP) is 7.98. The van der Waals surface area contributed by atoms with Crippen LogP contribution in [0.3, 0.4) is 0 Å². The molecule has 0 saturated heterocycles. The van der Waals surface area contributed by atoms with Crippen molar-refractivity contribution >= 4 is 56.9 Å². The zero-order valence-corrected chi connectivity index (χ0v) is 20.1. The Hall–Kier alpha value is -2.18. The number of hydrogen-bond donors (Lipinski definition) is 1. The van der Waals surface area contributed by atoms with Crippen molar-refractivity contribution in [3.8, 4) is 11.3 Å². The van der Waals surface area contributed by atoms with Crippen molar-refractivity contribution in [2.75, 3.05) is 5.32 Å². The molecular weight excluding hydrogens is 467 g/mol. The van der Waals surface area contributed by atoms with Crippen molar-refractivity contribution in [3.05, 3.63) is 91.9 Å². The van der Waals surface area contributed by atoms with Crippen molar-refractivity contribution in [1.82, 2.24) is 4.98 Å². The molecule has 0 radical (unpaired) electrons. The highest BCUT2D eigenvalue weighted by atomic mass is 35.5. The number of carbonyl (C=O) groups is 1. The van der Waals surface area contributed by atoms with E-state index in [1.807, 2.05) is 55.6 Å². The van der Waals surface area contributed by atoms with Crippen molar-refractivity contribution in [2.24, 2.45) is 5.41 Å². The molecule has 0 aliphatic carbocycles. The lowest BCUT2D eigenvalue weighted by atomic mass is 9.70. The summed E-state index contributed by atoms with van der Waals surface area (Å²) < 4.78 is 1.19. The van der Waals surface area contributed by atoms with Gasteiger partial charge in [-0.05, 0) is 17.2 Å². The van der Waals surface area contributed by atoms with Crippen LogP contribution < -0.4 is 5.32 Å². The first-order valence-corrected chi connectivity index (χ1v) is 12.1. The first-order valence-electron chi connectivity index (χ1n) is 9.68. The Morgan fingerprint density at radius 3 is 2.10 bits per heavy atom. The molecule has 3 nitrogen and oxygen atoms in total. The van der Waals surface area contributed by atoms with Gasteiger partial charge >= 0.3 is 0 Å². The summed E-state index contributed by atoms with van der Waals surface area (Å²) in [5.74, 6) is -0.208. The van der Waals surface area contributed by atoms with E-state index in [0.717, 1.165) is 16.7 Å². The molecule has 0 unspecified atom stereocenters. The Kier molecular flexibility index (Phi) is 6.49. The summed E-state index contributed by atoms with van der Waals surface area (Å²) >= 11 is 15.0. The number of nitrogens with zero attached hydrogens (tertiary/aromatic N) is 1.